The lowest BCUT2D eigenvalue weighted by Crippen LogP contribution is -2.41. The quantitative estimate of drug-likeness (QED) is 0.561. The lowest BCUT2D eigenvalue weighted by atomic mass is 10.2. The van der Waals surface area contributed by atoms with Gasteiger partial charge >= 0.3 is 6.03 Å². The highest BCUT2D eigenvalue weighted by Crippen LogP contribution is 2.15. The summed E-state index contributed by atoms with van der Waals surface area (Å²) in [6.07, 6.45) is 2.02. The molecule has 29 heavy (non-hydrogen) atoms. The van der Waals surface area contributed by atoms with E-state index in [4.69, 9.17) is 16.3 Å². The van der Waals surface area contributed by atoms with E-state index < -0.39 is 0 Å². The van der Waals surface area contributed by atoms with Crippen molar-refractivity contribution in [3.05, 3.63) is 94.8 Å². The third-order valence-corrected chi connectivity index (χ3v) is 4.89. The van der Waals surface area contributed by atoms with Gasteiger partial charge in [-0.2, -0.15) is 0 Å². The minimum atomic E-state index is -0.110. The van der Waals surface area contributed by atoms with Crippen molar-refractivity contribution in [2.75, 3.05) is 20.3 Å². The molecule has 3 aromatic rings. The van der Waals surface area contributed by atoms with Crippen LogP contribution in [0.15, 0.2) is 72.9 Å². The molecule has 1 N–H and O–H groups in total. The van der Waals surface area contributed by atoms with Gasteiger partial charge in [-0.3, -0.25) is 0 Å². The summed E-state index contributed by atoms with van der Waals surface area (Å²) in [7, 11) is 1.64. The molecule has 0 aliphatic heterocycles. The van der Waals surface area contributed by atoms with E-state index in [2.05, 4.69) is 9.88 Å². The summed E-state index contributed by atoms with van der Waals surface area (Å²) in [5.41, 5.74) is 3.24. The van der Waals surface area contributed by atoms with Crippen molar-refractivity contribution in [2.45, 2.75) is 19.6 Å². The van der Waals surface area contributed by atoms with Crippen molar-refractivity contribution >= 4 is 17.6 Å². The van der Waals surface area contributed by atoms with E-state index in [1.807, 2.05) is 72.9 Å². The number of methoxy groups -OCH3 is 1. The number of nitrogens with zero attached hydrogens (tertiary/aromatic N) is 2. The molecule has 2 amide bonds. The normalized spacial score (nSPS) is 10.7. The van der Waals surface area contributed by atoms with Gasteiger partial charge in [0.05, 0.1) is 13.2 Å². The number of hydrogen-bond donors (Lipinski definition) is 1. The molecule has 6 heteroatoms. The Kier molecular flexibility index (Phi) is 7.73. The Bertz CT molecular complexity index is 911. The largest absolute Gasteiger partial charge is 0.383 e. The minimum Gasteiger partial charge on any atom is -0.383 e. The monoisotopic (exact) mass is 411 g/mol. The topological polar surface area (TPSA) is 46.5 Å². The summed E-state index contributed by atoms with van der Waals surface area (Å²) >= 11 is 6.11. The zero-order chi connectivity index (χ0) is 20.5. The standard InChI is InChI=1S/C23H26ClN3O2/c1-29-14-13-27(23(28)25-16-19-7-3-2-4-8-19)18-22-11-6-12-26(22)17-20-9-5-10-21(24)15-20/h2-12,15H,13-14,16-18H2,1H3,(H,25,28). The van der Waals surface area contributed by atoms with Crippen LogP contribution in [0.4, 0.5) is 4.79 Å². The molecule has 0 aliphatic rings. The fraction of sp³-hybridized carbons (Fsp3) is 0.261. The maximum Gasteiger partial charge on any atom is 0.318 e. The molecular formula is C23H26ClN3O2. The van der Waals surface area contributed by atoms with E-state index in [0.717, 1.165) is 21.8 Å². The molecule has 152 valence electrons. The van der Waals surface area contributed by atoms with Gasteiger partial charge in [0.15, 0.2) is 0 Å². The molecule has 0 radical (unpaired) electrons. The van der Waals surface area contributed by atoms with Gasteiger partial charge in [-0.15, -0.1) is 0 Å². The molecular weight excluding hydrogens is 386 g/mol. The number of carbonyl (C=O) groups excluding carboxylic acids is 1. The average Bonchev–Trinajstić information content (AvgIpc) is 3.16. The van der Waals surface area contributed by atoms with Crippen molar-refractivity contribution in [3.63, 3.8) is 0 Å². The van der Waals surface area contributed by atoms with Gasteiger partial charge in [0.2, 0.25) is 0 Å². The first-order valence-electron chi connectivity index (χ1n) is 9.60. The second kappa shape index (κ2) is 10.7. The summed E-state index contributed by atoms with van der Waals surface area (Å²) < 4.78 is 7.34. The van der Waals surface area contributed by atoms with Crippen LogP contribution in [0.1, 0.15) is 16.8 Å². The van der Waals surface area contributed by atoms with Crippen LogP contribution in [0.5, 0.6) is 0 Å². The molecule has 1 heterocycles. The van der Waals surface area contributed by atoms with E-state index in [-0.39, 0.29) is 6.03 Å². The first-order valence-corrected chi connectivity index (χ1v) is 9.97. The van der Waals surface area contributed by atoms with Gasteiger partial charge in [0.25, 0.3) is 0 Å². The predicted octanol–water partition coefficient (Wildman–Crippen LogP) is 4.55. The van der Waals surface area contributed by atoms with E-state index in [9.17, 15) is 4.79 Å². The third-order valence-electron chi connectivity index (χ3n) is 4.66. The maximum absolute atomic E-state index is 12.8. The summed E-state index contributed by atoms with van der Waals surface area (Å²) in [5.74, 6) is 0. The highest BCUT2D eigenvalue weighted by Gasteiger charge is 2.15. The van der Waals surface area contributed by atoms with Crippen molar-refractivity contribution in [3.8, 4) is 0 Å². The number of hydrogen-bond acceptors (Lipinski definition) is 2. The number of carbonyl (C=O) groups is 1. The van der Waals surface area contributed by atoms with Crippen LogP contribution in [0, 0.1) is 0 Å². The number of urea groups is 1. The van der Waals surface area contributed by atoms with Gasteiger partial charge in [-0.25, -0.2) is 4.79 Å². The van der Waals surface area contributed by atoms with Gasteiger partial charge in [-0.05, 0) is 35.4 Å². The number of aromatic nitrogens is 1. The Labute approximate surface area is 176 Å². The number of rotatable bonds is 9. The average molecular weight is 412 g/mol. The number of amides is 2. The van der Waals surface area contributed by atoms with Crippen molar-refractivity contribution in [1.29, 1.82) is 0 Å². The molecule has 0 saturated heterocycles. The second-order valence-electron chi connectivity index (χ2n) is 6.82. The summed E-state index contributed by atoms with van der Waals surface area (Å²) in [6, 6.07) is 21.6. The molecule has 0 saturated carbocycles. The van der Waals surface area contributed by atoms with Gasteiger partial charge in [-0.1, -0.05) is 54.1 Å². The summed E-state index contributed by atoms with van der Waals surface area (Å²) in [6.45, 7) is 2.68. The maximum atomic E-state index is 12.8. The molecule has 0 bridgehead atoms. The van der Waals surface area contributed by atoms with E-state index >= 15 is 0 Å². The molecule has 0 fully saturated rings. The van der Waals surface area contributed by atoms with Crippen molar-refractivity contribution in [1.82, 2.24) is 14.8 Å². The first-order chi connectivity index (χ1) is 14.2. The van der Waals surface area contributed by atoms with Gasteiger partial charge < -0.3 is 19.5 Å². The number of benzene rings is 2. The van der Waals surface area contributed by atoms with Crippen LogP contribution in [0.25, 0.3) is 0 Å². The Balaban J connectivity index is 1.66. The smallest absolute Gasteiger partial charge is 0.318 e. The van der Waals surface area contributed by atoms with Crippen LogP contribution in [-0.2, 0) is 24.4 Å². The van der Waals surface area contributed by atoms with Crippen LogP contribution in [0.3, 0.4) is 0 Å². The predicted molar refractivity (Wildman–Crippen MR) is 116 cm³/mol. The summed E-state index contributed by atoms with van der Waals surface area (Å²) in [5, 5.41) is 3.72. The molecule has 0 spiro atoms. The molecule has 2 aromatic carbocycles. The molecule has 0 aliphatic carbocycles. The Hall–Kier alpha value is -2.76. The fourth-order valence-electron chi connectivity index (χ4n) is 3.11. The Morgan fingerprint density at radius 2 is 1.86 bits per heavy atom. The first kappa shape index (κ1) is 21.0. The van der Waals surface area contributed by atoms with Crippen LogP contribution in [-0.4, -0.2) is 35.8 Å². The molecule has 3 rings (SSSR count). The molecule has 0 unspecified atom stereocenters. The highest BCUT2D eigenvalue weighted by atomic mass is 35.5. The van der Waals surface area contributed by atoms with Crippen molar-refractivity contribution < 1.29 is 9.53 Å². The highest BCUT2D eigenvalue weighted by molar-refractivity contribution is 6.30. The Morgan fingerprint density at radius 3 is 2.62 bits per heavy atom. The molecule has 1 aromatic heterocycles. The second-order valence-corrected chi connectivity index (χ2v) is 7.25. The SMILES string of the molecule is COCCN(Cc1cccn1Cc1cccc(Cl)c1)C(=O)NCc1ccccc1. The van der Waals surface area contributed by atoms with E-state index in [0.29, 0.717) is 32.8 Å². The van der Waals surface area contributed by atoms with Gasteiger partial charge in [0, 0.05) is 43.7 Å². The lowest BCUT2D eigenvalue weighted by Gasteiger charge is -2.24. The third kappa shape index (κ3) is 6.38. The van der Waals surface area contributed by atoms with E-state index in [1.165, 1.54) is 0 Å². The van der Waals surface area contributed by atoms with Crippen molar-refractivity contribution in [2.24, 2.45) is 0 Å². The summed E-state index contributed by atoms with van der Waals surface area (Å²) in [4.78, 5) is 14.6. The zero-order valence-electron chi connectivity index (χ0n) is 16.6. The number of halogens is 1. The van der Waals surface area contributed by atoms with E-state index in [1.54, 1.807) is 12.0 Å². The number of ether oxygens (including phenoxy) is 1. The van der Waals surface area contributed by atoms with Crippen LogP contribution >= 0.6 is 11.6 Å². The molecule has 0 atom stereocenters. The lowest BCUT2D eigenvalue weighted by molar-refractivity contribution is 0.145. The number of nitrogens with one attached hydrogen (secondary N) is 1. The zero-order valence-corrected chi connectivity index (χ0v) is 17.3. The Morgan fingerprint density at radius 1 is 1.07 bits per heavy atom. The minimum absolute atomic E-state index is 0.110. The van der Waals surface area contributed by atoms with Gasteiger partial charge in [0.1, 0.15) is 0 Å². The van der Waals surface area contributed by atoms with Crippen LogP contribution in [0.2, 0.25) is 5.02 Å². The molecule has 5 nitrogen and oxygen atoms in total. The fourth-order valence-corrected chi connectivity index (χ4v) is 3.33. The van der Waals surface area contributed by atoms with Crippen LogP contribution < -0.4 is 5.32 Å².